The predicted octanol–water partition coefficient (Wildman–Crippen LogP) is 2.98. The van der Waals surface area contributed by atoms with Crippen molar-refractivity contribution in [2.45, 2.75) is 6.42 Å². The number of phenolic OH excluding ortho intramolecular Hbond substituents is 2. The summed E-state index contributed by atoms with van der Waals surface area (Å²) in [4.78, 5) is 0. The summed E-state index contributed by atoms with van der Waals surface area (Å²) in [5.74, 6) is 1.33. The maximum Gasteiger partial charge on any atom is 0.172 e. The third kappa shape index (κ3) is 2.59. The molecule has 2 aromatic carbocycles. The molecule has 0 radical (unpaired) electrons. The van der Waals surface area contributed by atoms with Crippen LogP contribution >= 0.6 is 0 Å². The second kappa shape index (κ2) is 5.64. The average molecular weight is 316 g/mol. The van der Waals surface area contributed by atoms with Crippen molar-refractivity contribution in [2.75, 3.05) is 14.2 Å². The number of phenols is 2. The van der Waals surface area contributed by atoms with Crippen molar-refractivity contribution in [3.63, 3.8) is 0 Å². The minimum atomic E-state index is -0.127. The first-order valence-electron chi connectivity index (χ1n) is 6.90. The topological polar surface area (TPSA) is 88.4 Å². The van der Waals surface area contributed by atoms with Crippen molar-refractivity contribution in [2.24, 2.45) is 0 Å². The lowest BCUT2D eigenvalue weighted by Gasteiger charge is -2.22. The molecular formula is C17H16O6. The van der Waals surface area contributed by atoms with Crippen LogP contribution in [0.25, 0.3) is 5.76 Å². The normalized spacial score (nSPS) is 13.3. The van der Waals surface area contributed by atoms with E-state index in [4.69, 9.17) is 14.2 Å². The van der Waals surface area contributed by atoms with Crippen molar-refractivity contribution < 1.29 is 29.5 Å². The van der Waals surface area contributed by atoms with Gasteiger partial charge in [0.2, 0.25) is 0 Å². The molecule has 0 saturated carbocycles. The highest BCUT2D eigenvalue weighted by atomic mass is 16.5. The lowest BCUT2D eigenvalue weighted by molar-refractivity contribution is 0.346. The zero-order valence-corrected chi connectivity index (χ0v) is 12.7. The molecule has 6 heteroatoms. The van der Waals surface area contributed by atoms with Gasteiger partial charge in [0.25, 0.3) is 0 Å². The van der Waals surface area contributed by atoms with E-state index in [1.165, 1.54) is 26.4 Å². The number of benzene rings is 2. The van der Waals surface area contributed by atoms with Crippen LogP contribution in [0.4, 0.5) is 0 Å². The molecule has 0 spiro atoms. The summed E-state index contributed by atoms with van der Waals surface area (Å²) in [5.41, 5.74) is 1.01. The van der Waals surface area contributed by atoms with Crippen LogP contribution < -0.4 is 14.2 Å². The Morgan fingerprint density at radius 3 is 2.39 bits per heavy atom. The highest BCUT2D eigenvalue weighted by molar-refractivity contribution is 5.70. The molecule has 0 fully saturated rings. The monoisotopic (exact) mass is 316 g/mol. The number of rotatable bonds is 3. The number of ether oxygens (including phenoxy) is 3. The van der Waals surface area contributed by atoms with Gasteiger partial charge in [0.05, 0.1) is 14.2 Å². The van der Waals surface area contributed by atoms with Gasteiger partial charge in [-0.2, -0.15) is 0 Å². The predicted molar refractivity (Wildman–Crippen MR) is 83.2 cm³/mol. The Morgan fingerprint density at radius 1 is 0.957 bits per heavy atom. The minimum Gasteiger partial charge on any atom is -0.508 e. The summed E-state index contributed by atoms with van der Waals surface area (Å²) in [6.45, 7) is 0. The van der Waals surface area contributed by atoms with Crippen molar-refractivity contribution in [1.29, 1.82) is 0 Å². The molecular weight excluding hydrogens is 300 g/mol. The lowest BCUT2D eigenvalue weighted by atomic mass is 10.0. The third-order valence-corrected chi connectivity index (χ3v) is 3.63. The van der Waals surface area contributed by atoms with Crippen LogP contribution in [0.3, 0.4) is 0 Å². The number of allylic oxidation sites excluding steroid dienone is 1. The van der Waals surface area contributed by atoms with Crippen molar-refractivity contribution >= 4 is 5.76 Å². The van der Waals surface area contributed by atoms with E-state index in [9.17, 15) is 15.3 Å². The number of aliphatic hydroxyl groups is 1. The molecule has 0 amide bonds. The van der Waals surface area contributed by atoms with Crippen LogP contribution in [0.15, 0.2) is 36.1 Å². The van der Waals surface area contributed by atoms with Gasteiger partial charge in [-0.15, -0.1) is 0 Å². The fourth-order valence-corrected chi connectivity index (χ4v) is 2.50. The highest BCUT2D eigenvalue weighted by Crippen LogP contribution is 2.41. The van der Waals surface area contributed by atoms with E-state index < -0.39 is 0 Å². The molecule has 6 nitrogen and oxygen atoms in total. The second-order valence-corrected chi connectivity index (χ2v) is 5.07. The zero-order valence-electron chi connectivity index (χ0n) is 12.7. The molecule has 0 unspecified atom stereocenters. The molecule has 120 valence electrons. The van der Waals surface area contributed by atoms with E-state index in [1.807, 2.05) is 0 Å². The molecule has 23 heavy (non-hydrogen) atoms. The summed E-state index contributed by atoms with van der Waals surface area (Å²) in [5, 5.41) is 29.7. The third-order valence-electron chi connectivity index (χ3n) is 3.63. The van der Waals surface area contributed by atoms with Crippen LogP contribution in [0.5, 0.6) is 28.7 Å². The largest absolute Gasteiger partial charge is 0.508 e. The number of aliphatic hydroxyl groups excluding tert-OH is 1. The van der Waals surface area contributed by atoms with E-state index in [1.54, 1.807) is 18.2 Å². The standard InChI is InChI=1S/C17H16O6/c1-21-14-4-3-9(5-16(14)22-2)17-13(20)8-11-12(19)6-10(18)7-15(11)23-17/h3-7,18-20H,8H2,1-2H3. The van der Waals surface area contributed by atoms with Crippen LogP contribution in [0.1, 0.15) is 11.1 Å². The number of fused-ring (bicyclic) bond motifs is 1. The number of hydrogen-bond acceptors (Lipinski definition) is 6. The summed E-state index contributed by atoms with van der Waals surface area (Å²) < 4.78 is 16.1. The van der Waals surface area contributed by atoms with Crippen molar-refractivity contribution in [3.05, 3.63) is 47.2 Å². The van der Waals surface area contributed by atoms with Gasteiger partial charge in [-0.1, -0.05) is 0 Å². The Kier molecular flexibility index (Phi) is 3.65. The number of aromatic hydroxyl groups is 2. The Labute approximate surface area is 132 Å². The first-order chi connectivity index (χ1) is 11.0. The van der Waals surface area contributed by atoms with Crippen molar-refractivity contribution in [1.82, 2.24) is 0 Å². The average Bonchev–Trinajstić information content (AvgIpc) is 2.54. The molecule has 1 heterocycles. The minimum absolute atomic E-state index is 0.0225. The summed E-state index contributed by atoms with van der Waals surface area (Å²) >= 11 is 0. The van der Waals surface area contributed by atoms with Gasteiger partial charge < -0.3 is 29.5 Å². The van der Waals surface area contributed by atoms with E-state index >= 15 is 0 Å². The quantitative estimate of drug-likeness (QED) is 0.807. The molecule has 3 N–H and O–H groups in total. The van der Waals surface area contributed by atoms with E-state index in [2.05, 4.69) is 0 Å². The maximum atomic E-state index is 10.3. The molecule has 1 aliphatic heterocycles. The first-order valence-corrected chi connectivity index (χ1v) is 6.90. The van der Waals surface area contributed by atoms with Crippen molar-refractivity contribution in [3.8, 4) is 28.7 Å². The number of hydrogen-bond donors (Lipinski definition) is 3. The summed E-state index contributed by atoms with van der Waals surface area (Å²) in [7, 11) is 3.05. The SMILES string of the molecule is COc1ccc(C2=C(O)Cc3c(O)cc(O)cc3O2)cc1OC. The lowest BCUT2D eigenvalue weighted by Crippen LogP contribution is -2.10. The molecule has 0 aromatic heterocycles. The Morgan fingerprint density at radius 2 is 1.70 bits per heavy atom. The van der Waals surface area contributed by atoms with Gasteiger partial charge in [0.1, 0.15) is 23.0 Å². The maximum absolute atomic E-state index is 10.3. The molecule has 1 aliphatic rings. The van der Waals surface area contributed by atoms with E-state index in [0.717, 1.165) is 0 Å². The van der Waals surface area contributed by atoms with Gasteiger partial charge in [-0.25, -0.2) is 0 Å². The summed E-state index contributed by atoms with van der Waals surface area (Å²) in [6, 6.07) is 7.70. The van der Waals surface area contributed by atoms with Gasteiger partial charge in [0.15, 0.2) is 17.3 Å². The van der Waals surface area contributed by atoms with Crippen LogP contribution in [0.2, 0.25) is 0 Å². The zero-order chi connectivity index (χ0) is 16.6. The fraction of sp³-hybridized carbons (Fsp3) is 0.176. The molecule has 0 aliphatic carbocycles. The van der Waals surface area contributed by atoms with Gasteiger partial charge in [-0.05, 0) is 18.2 Å². The highest BCUT2D eigenvalue weighted by Gasteiger charge is 2.25. The smallest absolute Gasteiger partial charge is 0.172 e. The van der Waals surface area contributed by atoms with Gasteiger partial charge in [-0.3, -0.25) is 0 Å². The molecule has 0 bridgehead atoms. The Hall–Kier alpha value is -3.02. The number of methoxy groups -OCH3 is 2. The molecule has 3 rings (SSSR count). The Bertz CT molecular complexity index is 794. The molecule has 0 saturated heterocycles. The van der Waals surface area contributed by atoms with Crippen LogP contribution in [-0.2, 0) is 6.42 Å². The van der Waals surface area contributed by atoms with E-state index in [0.29, 0.717) is 28.4 Å². The van der Waals surface area contributed by atoms with Gasteiger partial charge in [0, 0.05) is 29.7 Å². The first kappa shape index (κ1) is 14.9. The molecule has 2 aromatic rings. The van der Waals surface area contributed by atoms with Crippen LogP contribution in [0, 0.1) is 0 Å². The van der Waals surface area contributed by atoms with E-state index in [-0.39, 0.29) is 29.4 Å². The second-order valence-electron chi connectivity index (χ2n) is 5.07. The van der Waals surface area contributed by atoms with Crippen LogP contribution in [-0.4, -0.2) is 29.5 Å². The fourth-order valence-electron chi connectivity index (χ4n) is 2.50. The Balaban J connectivity index is 2.04. The summed E-state index contributed by atoms with van der Waals surface area (Å²) in [6.07, 6.45) is 0.102. The van der Waals surface area contributed by atoms with Gasteiger partial charge >= 0.3 is 0 Å². The molecule has 0 atom stereocenters.